The van der Waals surface area contributed by atoms with Gasteiger partial charge in [0.25, 0.3) is 5.56 Å². The highest BCUT2D eigenvalue weighted by atomic mass is 16.6. The molecule has 9 heteroatoms. The summed E-state index contributed by atoms with van der Waals surface area (Å²) in [5.74, 6) is 1.62. The van der Waals surface area contributed by atoms with Gasteiger partial charge >= 0.3 is 0 Å². The molecule has 4 heterocycles. The number of benzene rings is 1. The highest BCUT2D eigenvalue weighted by Gasteiger charge is 2.30. The first-order valence-electron chi connectivity index (χ1n) is 11.3. The van der Waals surface area contributed by atoms with E-state index < -0.39 is 0 Å². The van der Waals surface area contributed by atoms with E-state index in [9.17, 15) is 4.79 Å². The first-order chi connectivity index (χ1) is 16.0. The maximum Gasteiger partial charge on any atom is 0.267 e. The second-order valence-corrected chi connectivity index (χ2v) is 8.74. The van der Waals surface area contributed by atoms with E-state index in [-0.39, 0.29) is 24.1 Å². The molecule has 0 N–H and O–H groups in total. The van der Waals surface area contributed by atoms with Gasteiger partial charge in [-0.25, -0.2) is 14.2 Å². The second kappa shape index (κ2) is 8.45. The minimum Gasteiger partial charge on any atom is -0.486 e. The number of aromatic nitrogens is 3. The van der Waals surface area contributed by atoms with Crippen molar-refractivity contribution in [3.8, 4) is 17.6 Å². The number of rotatable bonds is 4. The standard InChI is InChI=1S/C24H28N6O3/c1-16-14-28(17(2)18-4-5-21-22(12-18)33-11-10-32-21)8-9-29(16)20-13-23(31)27(3)30-15-19(6-7-25)26-24(20)30/h4-5,12-13,15-17H,6,8-11,14H2,1-3H3. The van der Waals surface area contributed by atoms with Gasteiger partial charge in [-0.15, -0.1) is 0 Å². The van der Waals surface area contributed by atoms with E-state index in [1.165, 1.54) is 10.2 Å². The summed E-state index contributed by atoms with van der Waals surface area (Å²) in [6.07, 6.45) is 1.99. The molecule has 2 unspecified atom stereocenters. The average molecular weight is 449 g/mol. The zero-order chi connectivity index (χ0) is 23.1. The smallest absolute Gasteiger partial charge is 0.267 e. The van der Waals surface area contributed by atoms with Crippen molar-refractivity contribution >= 4 is 11.3 Å². The zero-order valence-electron chi connectivity index (χ0n) is 19.2. The van der Waals surface area contributed by atoms with Crippen LogP contribution in [0.2, 0.25) is 0 Å². The Bertz CT molecular complexity index is 1290. The van der Waals surface area contributed by atoms with Crippen molar-refractivity contribution in [2.24, 2.45) is 7.05 Å². The highest BCUT2D eigenvalue weighted by molar-refractivity contribution is 5.69. The Morgan fingerprint density at radius 3 is 2.76 bits per heavy atom. The van der Waals surface area contributed by atoms with Gasteiger partial charge in [0.1, 0.15) is 13.2 Å². The molecule has 0 saturated carbocycles. The summed E-state index contributed by atoms with van der Waals surface area (Å²) >= 11 is 0. The summed E-state index contributed by atoms with van der Waals surface area (Å²) in [5.41, 5.74) is 3.30. The summed E-state index contributed by atoms with van der Waals surface area (Å²) in [4.78, 5) is 22.0. The minimum absolute atomic E-state index is 0.0994. The number of hydrogen-bond donors (Lipinski definition) is 0. The summed E-state index contributed by atoms with van der Waals surface area (Å²) in [7, 11) is 1.72. The summed E-state index contributed by atoms with van der Waals surface area (Å²) in [5, 5.41) is 9.07. The molecule has 0 spiro atoms. The van der Waals surface area contributed by atoms with Crippen LogP contribution in [0.15, 0.2) is 35.3 Å². The van der Waals surface area contributed by atoms with Gasteiger partial charge in [-0.3, -0.25) is 9.69 Å². The SMILES string of the molecule is CC(c1ccc2c(c1)OCCO2)N1CCN(c2cc(=O)n(C)n3cc(CC#N)nc23)C(C)C1. The Morgan fingerprint density at radius 2 is 2.00 bits per heavy atom. The molecule has 2 aromatic heterocycles. The molecule has 1 fully saturated rings. The molecule has 2 atom stereocenters. The van der Waals surface area contributed by atoms with Crippen molar-refractivity contribution in [1.29, 1.82) is 5.26 Å². The fourth-order valence-electron chi connectivity index (χ4n) is 4.81. The topological polar surface area (TPSA) is 88.0 Å². The maximum absolute atomic E-state index is 12.6. The van der Waals surface area contributed by atoms with Gasteiger partial charge in [-0.2, -0.15) is 5.26 Å². The molecule has 0 bridgehead atoms. The summed E-state index contributed by atoms with van der Waals surface area (Å²) in [6, 6.07) is 10.4. The number of aryl methyl sites for hydroxylation is 1. The van der Waals surface area contributed by atoms with Crippen LogP contribution in [0.3, 0.4) is 0 Å². The Balaban J connectivity index is 1.39. The molecule has 2 aliphatic heterocycles. The van der Waals surface area contributed by atoms with Crippen LogP contribution in [0.1, 0.15) is 31.1 Å². The normalized spacial score (nSPS) is 19.5. The lowest BCUT2D eigenvalue weighted by Gasteiger charge is -2.43. The van der Waals surface area contributed by atoms with E-state index in [1.807, 2.05) is 6.07 Å². The number of ether oxygens (including phenoxy) is 2. The molecular weight excluding hydrogens is 420 g/mol. The van der Waals surface area contributed by atoms with Crippen molar-refractivity contribution in [3.63, 3.8) is 0 Å². The van der Waals surface area contributed by atoms with Crippen LogP contribution < -0.4 is 19.9 Å². The Labute approximate surface area is 192 Å². The molecule has 33 heavy (non-hydrogen) atoms. The van der Waals surface area contributed by atoms with Crippen molar-refractivity contribution in [2.75, 3.05) is 37.7 Å². The molecule has 3 aromatic rings. The lowest BCUT2D eigenvalue weighted by Crippen LogP contribution is -2.53. The van der Waals surface area contributed by atoms with Crippen LogP contribution in [0.5, 0.6) is 11.5 Å². The molecule has 5 rings (SSSR count). The summed E-state index contributed by atoms with van der Waals surface area (Å²) in [6.45, 7) is 8.04. The molecule has 0 aliphatic carbocycles. The molecule has 2 aliphatic rings. The number of nitrogens with zero attached hydrogens (tertiary/aromatic N) is 6. The van der Waals surface area contributed by atoms with Crippen molar-refractivity contribution < 1.29 is 9.47 Å². The third-order valence-electron chi connectivity index (χ3n) is 6.69. The van der Waals surface area contributed by atoms with Crippen LogP contribution in [0.4, 0.5) is 5.69 Å². The lowest BCUT2D eigenvalue weighted by molar-refractivity contribution is 0.165. The summed E-state index contributed by atoms with van der Waals surface area (Å²) < 4.78 is 14.7. The Morgan fingerprint density at radius 1 is 1.21 bits per heavy atom. The highest BCUT2D eigenvalue weighted by Crippen LogP contribution is 2.35. The Kier molecular flexibility index (Phi) is 5.46. The van der Waals surface area contributed by atoms with Gasteiger partial charge in [-0.05, 0) is 31.5 Å². The molecule has 0 amide bonds. The lowest BCUT2D eigenvalue weighted by atomic mass is 10.0. The van der Waals surface area contributed by atoms with Gasteiger partial charge in [0.2, 0.25) is 0 Å². The average Bonchev–Trinajstić information content (AvgIpc) is 3.25. The van der Waals surface area contributed by atoms with Crippen molar-refractivity contribution in [3.05, 3.63) is 52.1 Å². The maximum atomic E-state index is 12.6. The number of imidazole rings is 1. The first kappa shape index (κ1) is 21.3. The van der Waals surface area contributed by atoms with Crippen LogP contribution >= 0.6 is 0 Å². The predicted octanol–water partition coefficient (Wildman–Crippen LogP) is 2.14. The van der Waals surface area contributed by atoms with Crippen LogP contribution in [0, 0.1) is 11.3 Å². The van der Waals surface area contributed by atoms with E-state index in [0.29, 0.717) is 24.6 Å². The van der Waals surface area contributed by atoms with Gasteiger partial charge in [0.05, 0.1) is 30.1 Å². The van der Waals surface area contributed by atoms with Crippen molar-refractivity contribution in [1.82, 2.24) is 19.1 Å². The zero-order valence-corrected chi connectivity index (χ0v) is 19.2. The van der Waals surface area contributed by atoms with E-state index >= 15 is 0 Å². The van der Waals surface area contributed by atoms with Gasteiger partial charge in [-0.1, -0.05) is 6.07 Å². The molecule has 1 aromatic carbocycles. The number of anilines is 1. The third-order valence-corrected chi connectivity index (χ3v) is 6.69. The third kappa shape index (κ3) is 3.80. The fourth-order valence-corrected chi connectivity index (χ4v) is 4.81. The van der Waals surface area contributed by atoms with Gasteiger partial charge in [0.15, 0.2) is 17.1 Å². The number of piperazine rings is 1. The molecule has 172 valence electrons. The quantitative estimate of drug-likeness (QED) is 0.604. The molecule has 1 saturated heterocycles. The molecule has 0 radical (unpaired) electrons. The second-order valence-electron chi connectivity index (χ2n) is 8.74. The van der Waals surface area contributed by atoms with Gasteiger partial charge in [0, 0.05) is 44.8 Å². The largest absolute Gasteiger partial charge is 0.486 e. The number of nitriles is 1. The fraction of sp³-hybridized carbons (Fsp3) is 0.458. The van der Waals surface area contributed by atoms with Crippen molar-refractivity contribution in [2.45, 2.75) is 32.4 Å². The van der Waals surface area contributed by atoms with E-state index in [4.69, 9.17) is 14.7 Å². The van der Waals surface area contributed by atoms with Crippen LogP contribution in [0.25, 0.3) is 5.65 Å². The first-order valence-corrected chi connectivity index (χ1v) is 11.3. The van der Waals surface area contributed by atoms with Crippen LogP contribution in [-0.4, -0.2) is 58.0 Å². The van der Waals surface area contributed by atoms with E-state index in [0.717, 1.165) is 36.8 Å². The minimum atomic E-state index is -0.0994. The molecule has 9 nitrogen and oxygen atoms in total. The predicted molar refractivity (Wildman–Crippen MR) is 124 cm³/mol. The van der Waals surface area contributed by atoms with Gasteiger partial charge < -0.3 is 14.4 Å². The number of hydrogen-bond acceptors (Lipinski definition) is 7. The Hall–Kier alpha value is -3.51. The monoisotopic (exact) mass is 448 g/mol. The van der Waals surface area contributed by atoms with E-state index in [2.05, 4.69) is 46.8 Å². The molecular formula is C24H28N6O3. The number of fused-ring (bicyclic) bond motifs is 2. The van der Waals surface area contributed by atoms with E-state index in [1.54, 1.807) is 23.8 Å². The van der Waals surface area contributed by atoms with Crippen LogP contribution in [-0.2, 0) is 13.5 Å².